The smallest absolute Gasteiger partial charge is 0.359 e. The molecule has 0 atom stereocenters. The van der Waals surface area contributed by atoms with Crippen LogP contribution in [0.4, 0.5) is 23.4 Å². The minimum Gasteiger partial charge on any atom is -0.359 e. The Morgan fingerprint density at radius 1 is 1.18 bits per heavy atom. The number of piperidine rings is 1. The molecule has 22 heavy (non-hydrogen) atoms. The molecule has 3 heterocycles. The third-order valence-corrected chi connectivity index (χ3v) is 5.29. The number of anilines is 2. The fourth-order valence-electron chi connectivity index (χ4n) is 2.35. The van der Waals surface area contributed by atoms with E-state index in [1.54, 1.807) is 11.3 Å². The van der Waals surface area contributed by atoms with Crippen LogP contribution in [0.1, 0.15) is 24.2 Å². The van der Waals surface area contributed by atoms with Gasteiger partial charge in [-0.3, -0.25) is 0 Å². The molecule has 0 saturated carbocycles. The Morgan fingerprint density at radius 2 is 1.91 bits per heavy atom. The van der Waals surface area contributed by atoms with Crippen LogP contribution in [-0.4, -0.2) is 29.1 Å². The Labute approximate surface area is 134 Å². The summed E-state index contributed by atoms with van der Waals surface area (Å²) in [6.07, 6.45) is -2.64. The number of hydrogen-bond acceptors (Lipinski definition) is 6. The van der Waals surface area contributed by atoms with Gasteiger partial charge in [0.05, 0.1) is 5.69 Å². The molecule has 2 aromatic heterocycles. The summed E-state index contributed by atoms with van der Waals surface area (Å²) >= 11 is 2.63. The van der Waals surface area contributed by atoms with Gasteiger partial charge in [-0.2, -0.15) is 13.2 Å². The first-order chi connectivity index (χ1) is 10.4. The van der Waals surface area contributed by atoms with Gasteiger partial charge in [0.1, 0.15) is 0 Å². The van der Waals surface area contributed by atoms with Crippen LogP contribution < -0.4 is 10.2 Å². The Hall–Kier alpha value is -1.35. The van der Waals surface area contributed by atoms with Gasteiger partial charge in [0.15, 0.2) is 16.0 Å². The van der Waals surface area contributed by atoms with E-state index in [-0.39, 0.29) is 0 Å². The normalized spacial score (nSPS) is 17.0. The van der Waals surface area contributed by atoms with E-state index in [1.807, 2.05) is 17.2 Å². The van der Waals surface area contributed by atoms with Gasteiger partial charge in [-0.15, -0.1) is 22.7 Å². The first-order valence-electron chi connectivity index (χ1n) is 6.88. The topological polar surface area (TPSA) is 41.0 Å². The highest BCUT2D eigenvalue weighted by Crippen LogP contribution is 2.34. The number of nitrogens with zero attached hydrogens (tertiary/aromatic N) is 3. The lowest BCUT2D eigenvalue weighted by molar-refractivity contribution is -0.140. The van der Waals surface area contributed by atoms with Crippen LogP contribution in [0, 0.1) is 6.92 Å². The predicted molar refractivity (Wildman–Crippen MR) is 82.8 cm³/mol. The first-order valence-corrected chi connectivity index (χ1v) is 8.64. The van der Waals surface area contributed by atoms with Gasteiger partial charge in [0, 0.05) is 29.9 Å². The maximum atomic E-state index is 12.6. The van der Waals surface area contributed by atoms with E-state index >= 15 is 0 Å². The maximum Gasteiger partial charge on any atom is 0.434 e. The van der Waals surface area contributed by atoms with Gasteiger partial charge in [-0.05, 0) is 19.8 Å². The standard InChI is InChI=1S/C13H15F3N4S2/c1-8-6-21-11(17-8)18-9-2-4-20(5-3-9)12-19-10(7-22-12)13(14,15)16/h6-7,9H,2-5H2,1H3,(H,17,18). The number of alkyl halides is 3. The van der Waals surface area contributed by atoms with E-state index in [1.165, 1.54) is 0 Å². The fraction of sp³-hybridized carbons (Fsp3) is 0.538. The summed E-state index contributed by atoms with van der Waals surface area (Å²) < 4.78 is 37.8. The van der Waals surface area contributed by atoms with Crippen molar-refractivity contribution in [1.29, 1.82) is 0 Å². The van der Waals surface area contributed by atoms with Crippen molar-refractivity contribution in [3.63, 3.8) is 0 Å². The number of rotatable bonds is 3. The minimum atomic E-state index is -4.36. The number of hydrogen-bond donors (Lipinski definition) is 1. The quantitative estimate of drug-likeness (QED) is 0.910. The monoisotopic (exact) mass is 348 g/mol. The number of nitrogens with one attached hydrogen (secondary N) is 1. The van der Waals surface area contributed by atoms with Crippen LogP contribution in [-0.2, 0) is 6.18 Å². The SMILES string of the molecule is Cc1csc(NC2CCN(c3nc(C(F)(F)F)cs3)CC2)n1. The molecular weight excluding hydrogens is 333 g/mol. The molecule has 3 rings (SSSR count). The molecule has 0 bridgehead atoms. The molecule has 0 aromatic carbocycles. The van der Waals surface area contributed by atoms with Crippen molar-refractivity contribution in [3.8, 4) is 0 Å². The van der Waals surface area contributed by atoms with Gasteiger partial charge >= 0.3 is 6.18 Å². The van der Waals surface area contributed by atoms with Crippen LogP contribution in [0.3, 0.4) is 0 Å². The van der Waals surface area contributed by atoms with Crippen molar-refractivity contribution in [3.05, 3.63) is 22.1 Å². The molecule has 120 valence electrons. The van der Waals surface area contributed by atoms with Crippen molar-refractivity contribution in [2.75, 3.05) is 23.3 Å². The molecule has 1 aliphatic heterocycles. The third kappa shape index (κ3) is 3.52. The second-order valence-corrected chi connectivity index (χ2v) is 6.91. The molecule has 0 unspecified atom stereocenters. The minimum absolute atomic E-state index is 0.309. The molecule has 0 aliphatic carbocycles. The van der Waals surface area contributed by atoms with Gasteiger partial charge in [0.25, 0.3) is 0 Å². The van der Waals surface area contributed by atoms with Crippen LogP contribution in [0.2, 0.25) is 0 Å². The van der Waals surface area contributed by atoms with Crippen molar-refractivity contribution < 1.29 is 13.2 Å². The van der Waals surface area contributed by atoms with Crippen molar-refractivity contribution >= 4 is 32.9 Å². The second-order valence-electron chi connectivity index (χ2n) is 5.21. The first kappa shape index (κ1) is 15.5. The molecule has 0 amide bonds. The van der Waals surface area contributed by atoms with Gasteiger partial charge < -0.3 is 10.2 Å². The lowest BCUT2D eigenvalue weighted by Gasteiger charge is -2.32. The number of aromatic nitrogens is 2. The van der Waals surface area contributed by atoms with Crippen molar-refractivity contribution in [2.24, 2.45) is 0 Å². The van der Waals surface area contributed by atoms with Gasteiger partial charge in [-0.25, -0.2) is 9.97 Å². The molecule has 1 aliphatic rings. The largest absolute Gasteiger partial charge is 0.434 e. The number of aryl methyl sites for hydroxylation is 1. The Balaban J connectivity index is 1.56. The fourth-order valence-corrected chi connectivity index (χ4v) is 4.00. The summed E-state index contributed by atoms with van der Waals surface area (Å²) in [7, 11) is 0. The van der Waals surface area contributed by atoms with E-state index in [0.29, 0.717) is 24.3 Å². The molecular formula is C13H15F3N4S2. The summed E-state index contributed by atoms with van der Waals surface area (Å²) in [5.41, 5.74) is 0.193. The molecule has 2 aromatic rings. The van der Waals surface area contributed by atoms with Crippen LogP contribution >= 0.6 is 22.7 Å². The Bertz CT molecular complexity index is 629. The molecule has 1 saturated heterocycles. The van der Waals surface area contributed by atoms with Crippen molar-refractivity contribution in [2.45, 2.75) is 32.0 Å². The van der Waals surface area contributed by atoms with E-state index in [9.17, 15) is 13.2 Å². The Morgan fingerprint density at radius 3 is 2.45 bits per heavy atom. The summed E-state index contributed by atoms with van der Waals surface area (Å²) in [5, 5.41) is 7.82. The van der Waals surface area contributed by atoms with Crippen molar-refractivity contribution in [1.82, 2.24) is 9.97 Å². The lowest BCUT2D eigenvalue weighted by Crippen LogP contribution is -2.39. The molecule has 9 heteroatoms. The predicted octanol–water partition coefficient (Wildman–Crippen LogP) is 4.01. The van der Waals surface area contributed by atoms with E-state index in [0.717, 1.165) is 40.4 Å². The molecule has 1 fully saturated rings. The van der Waals surface area contributed by atoms with Gasteiger partial charge in [0.2, 0.25) is 0 Å². The summed E-state index contributed by atoms with van der Waals surface area (Å²) in [6, 6.07) is 0.309. The maximum absolute atomic E-state index is 12.6. The van der Waals surface area contributed by atoms with Crippen LogP contribution in [0.25, 0.3) is 0 Å². The molecule has 1 N–H and O–H groups in total. The van der Waals surface area contributed by atoms with Crippen LogP contribution in [0.5, 0.6) is 0 Å². The van der Waals surface area contributed by atoms with E-state index < -0.39 is 11.9 Å². The number of halogens is 3. The van der Waals surface area contributed by atoms with Gasteiger partial charge in [-0.1, -0.05) is 0 Å². The summed E-state index contributed by atoms with van der Waals surface area (Å²) in [5.74, 6) is 0. The Kier molecular flexibility index (Phi) is 4.26. The number of thiazole rings is 2. The lowest BCUT2D eigenvalue weighted by atomic mass is 10.1. The molecule has 0 radical (unpaired) electrons. The summed E-state index contributed by atoms with van der Waals surface area (Å²) in [4.78, 5) is 10.00. The highest BCUT2D eigenvalue weighted by molar-refractivity contribution is 7.14. The zero-order valence-electron chi connectivity index (χ0n) is 11.9. The second kappa shape index (κ2) is 6.04. The summed E-state index contributed by atoms with van der Waals surface area (Å²) in [6.45, 7) is 3.35. The molecule has 4 nitrogen and oxygen atoms in total. The average molecular weight is 348 g/mol. The van der Waals surface area contributed by atoms with E-state index in [4.69, 9.17) is 0 Å². The van der Waals surface area contributed by atoms with E-state index in [2.05, 4.69) is 15.3 Å². The zero-order valence-corrected chi connectivity index (χ0v) is 13.5. The highest BCUT2D eigenvalue weighted by Gasteiger charge is 2.34. The molecule has 0 spiro atoms. The zero-order chi connectivity index (χ0) is 15.7. The highest BCUT2D eigenvalue weighted by atomic mass is 32.1. The third-order valence-electron chi connectivity index (χ3n) is 3.49. The average Bonchev–Trinajstić information content (AvgIpc) is 3.08. The van der Waals surface area contributed by atoms with Crippen LogP contribution in [0.15, 0.2) is 10.8 Å².